The molecule has 382 valence electrons. The van der Waals surface area contributed by atoms with Crippen LogP contribution < -0.4 is 9.80 Å². The lowest BCUT2D eigenvalue weighted by Crippen LogP contribution is -2.16. The number of anilines is 6. The fourth-order valence-electron chi connectivity index (χ4n) is 12.9. The lowest BCUT2D eigenvalue weighted by Gasteiger charge is -2.29. The number of hydrogen-bond donors (Lipinski definition) is 0. The van der Waals surface area contributed by atoms with Crippen molar-refractivity contribution in [3.63, 3.8) is 0 Å². The van der Waals surface area contributed by atoms with Gasteiger partial charge in [-0.1, -0.05) is 252 Å². The van der Waals surface area contributed by atoms with Crippen LogP contribution in [0.25, 0.3) is 77.9 Å². The summed E-state index contributed by atoms with van der Waals surface area (Å²) in [6, 6.07) is 107. The van der Waals surface area contributed by atoms with Crippen LogP contribution in [0.1, 0.15) is 49.9 Å². The zero-order chi connectivity index (χ0) is 54.0. The molecule has 0 heterocycles. The molecule has 2 heteroatoms. The second-order valence-corrected chi connectivity index (χ2v) is 22.5. The van der Waals surface area contributed by atoms with Crippen LogP contribution in [0.3, 0.4) is 0 Å². The summed E-state index contributed by atoms with van der Waals surface area (Å²) in [7, 11) is 0. The van der Waals surface area contributed by atoms with Crippen molar-refractivity contribution in [2.75, 3.05) is 9.80 Å². The quantitative estimate of drug-likeness (QED) is 0.127. The second-order valence-electron chi connectivity index (χ2n) is 22.5. The smallest absolute Gasteiger partial charge is 0.0543 e. The average Bonchev–Trinajstić information content (AvgIpc) is 4.02. The first-order valence-electron chi connectivity index (χ1n) is 28.0. The predicted molar refractivity (Wildman–Crippen MR) is 338 cm³/mol. The molecule has 0 unspecified atom stereocenters. The van der Waals surface area contributed by atoms with Crippen molar-refractivity contribution in [1.29, 1.82) is 0 Å². The van der Waals surface area contributed by atoms with Crippen LogP contribution in [0.4, 0.5) is 34.1 Å². The summed E-state index contributed by atoms with van der Waals surface area (Å²) >= 11 is 0. The highest BCUT2D eigenvalue weighted by Crippen LogP contribution is 2.56. The van der Waals surface area contributed by atoms with E-state index in [0.717, 1.165) is 22.7 Å². The van der Waals surface area contributed by atoms with E-state index < -0.39 is 0 Å². The third kappa shape index (κ3) is 8.35. The highest BCUT2D eigenvalue weighted by atomic mass is 15.2. The minimum absolute atomic E-state index is 0.108. The van der Waals surface area contributed by atoms with E-state index in [1.807, 2.05) is 0 Å². The van der Waals surface area contributed by atoms with Crippen LogP contribution in [-0.2, 0) is 10.8 Å². The van der Waals surface area contributed by atoms with Gasteiger partial charge in [-0.25, -0.2) is 0 Å². The Labute approximate surface area is 471 Å². The molecule has 0 aromatic heterocycles. The maximum atomic E-state index is 2.45. The maximum absolute atomic E-state index is 2.45. The maximum Gasteiger partial charge on any atom is 0.0543 e. The molecule has 80 heavy (non-hydrogen) atoms. The molecule has 0 saturated carbocycles. The van der Waals surface area contributed by atoms with Gasteiger partial charge in [0.15, 0.2) is 0 Å². The molecule has 2 aliphatic carbocycles. The number of fused-ring (bicyclic) bond motifs is 6. The Balaban J connectivity index is 0.766. The minimum Gasteiger partial charge on any atom is -0.310 e. The van der Waals surface area contributed by atoms with E-state index in [4.69, 9.17) is 0 Å². The molecule has 0 amide bonds. The molecule has 12 aromatic carbocycles. The van der Waals surface area contributed by atoms with E-state index in [1.54, 1.807) is 0 Å². The highest BCUT2D eigenvalue weighted by molar-refractivity contribution is 5.97. The van der Waals surface area contributed by atoms with Crippen molar-refractivity contribution in [2.45, 2.75) is 38.5 Å². The third-order valence-electron chi connectivity index (χ3n) is 17.1. The van der Waals surface area contributed by atoms with E-state index in [0.29, 0.717) is 0 Å². The van der Waals surface area contributed by atoms with E-state index in [2.05, 4.69) is 329 Å². The summed E-state index contributed by atoms with van der Waals surface area (Å²) in [6.45, 7) is 9.42. The summed E-state index contributed by atoms with van der Waals surface area (Å²) in [5.74, 6) is 0. The highest BCUT2D eigenvalue weighted by Gasteiger charge is 2.39. The number of benzene rings is 12. The zero-order valence-electron chi connectivity index (χ0n) is 45.6. The van der Waals surface area contributed by atoms with Crippen LogP contribution in [0.5, 0.6) is 0 Å². The molecule has 0 atom stereocenters. The molecule has 2 aliphatic rings. The Morgan fingerprint density at radius 2 is 0.500 bits per heavy atom. The van der Waals surface area contributed by atoms with Crippen molar-refractivity contribution >= 4 is 34.1 Å². The second kappa shape index (κ2) is 19.6. The minimum atomic E-state index is -0.115. The van der Waals surface area contributed by atoms with Gasteiger partial charge in [0.05, 0.1) is 11.4 Å². The molecule has 12 aromatic rings. The first kappa shape index (κ1) is 48.6. The number of nitrogens with zero attached hydrogens (tertiary/aromatic N) is 2. The van der Waals surface area contributed by atoms with Crippen LogP contribution >= 0.6 is 0 Å². The van der Waals surface area contributed by atoms with E-state index in [1.165, 1.54) is 112 Å². The number of rotatable bonds is 11. The Kier molecular flexibility index (Phi) is 11.9. The topological polar surface area (TPSA) is 6.48 Å². The Morgan fingerprint density at radius 3 is 0.938 bits per heavy atom. The van der Waals surface area contributed by atoms with Gasteiger partial charge in [-0.2, -0.15) is 0 Å². The SMILES string of the molecule is CC1(C)c2ccccc2-c2c(N(c3ccc(-c4ccccc4)cc3)c3ccc(-c4ccc(-c5cccc(-c6ccc(N(c7cccc(-c8ccccc8)c7)c7cccc8c7-c7ccccc7C8(C)C)cc6)c5)cc4)cc3)cccc21. The molecule has 14 rings (SSSR count). The van der Waals surface area contributed by atoms with Gasteiger partial charge in [0.2, 0.25) is 0 Å². The Morgan fingerprint density at radius 1 is 0.212 bits per heavy atom. The Bertz CT molecular complexity index is 4250. The Hall–Kier alpha value is -9.76. The molecule has 0 aliphatic heterocycles. The van der Waals surface area contributed by atoms with Gasteiger partial charge < -0.3 is 9.80 Å². The van der Waals surface area contributed by atoms with E-state index in [9.17, 15) is 0 Å². The van der Waals surface area contributed by atoms with Crippen molar-refractivity contribution in [3.05, 3.63) is 313 Å². The number of hydrogen-bond acceptors (Lipinski definition) is 2. The first-order valence-corrected chi connectivity index (χ1v) is 28.0. The van der Waals surface area contributed by atoms with Gasteiger partial charge in [-0.15, -0.1) is 0 Å². The monoisotopic (exact) mass is 1020 g/mol. The van der Waals surface area contributed by atoms with Crippen LogP contribution in [0.2, 0.25) is 0 Å². The van der Waals surface area contributed by atoms with Gasteiger partial charge in [-0.05, 0) is 156 Å². The van der Waals surface area contributed by atoms with Gasteiger partial charge in [0.25, 0.3) is 0 Å². The van der Waals surface area contributed by atoms with Gasteiger partial charge in [0, 0.05) is 44.7 Å². The lowest BCUT2D eigenvalue weighted by molar-refractivity contribution is 0.660. The first-order chi connectivity index (χ1) is 39.2. The normalized spacial score (nSPS) is 13.2. The molecular weight excluding hydrogens is 965 g/mol. The summed E-state index contributed by atoms with van der Waals surface area (Å²) in [4.78, 5) is 4.89. The average molecular weight is 1030 g/mol. The van der Waals surface area contributed by atoms with E-state index in [-0.39, 0.29) is 10.8 Å². The zero-order valence-corrected chi connectivity index (χ0v) is 45.6. The van der Waals surface area contributed by atoms with Crippen molar-refractivity contribution in [1.82, 2.24) is 0 Å². The largest absolute Gasteiger partial charge is 0.310 e. The standard InChI is InChI=1S/C78H60N2/c1-77(2)69-29-13-11-27-67(69)75-71(77)31-17-33-73(75)79(63-45-39-56(40-46-63)53-19-7-5-8-20-53)64-47-41-57(42-48-64)55-35-37-58(38-36-55)60-23-15-24-61(51-60)59-43-49-65(50-44-59)80(66-26-16-25-62(52-66)54-21-9-6-10-22-54)74-34-18-32-72-76(74)68-28-12-14-30-70(68)78(72,3)4/h5-52H,1-4H3. The summed E-state index contributed by atoms with van der Waals surface area (Å²) in [6.07, 6.45) is 0. The fourth-order valence-corrected chi connectivity index (χ4v) is 12.9. The van der Waals surface area contributed by atoms with Crippen molar-refractivity contribution < 1.29 is 0 Å². The molecule has 0 spiro atoms. The van der Waals surface area contributed by atoms with Crippen LogP contribution in [0.15, 0.2) is 291 Å². The van der Waals surface area contributed by atoms with Gasteiger partial charge in [-0.3, -0.25) is 0 Å². The van der Waals surface area contributed by atoms with Crippen molar-refractivity contribution in [2.24, 2.45) is 0 Å². The van der Waals surface area contributed by atoms with Crippen LogP contribution in [-0.4, -0.2) is 0 Å². The molecule has 0 N–H and O–H groups in total. The van der Waals surface area contributed by atoms with Gasteiger partial charge in [0.1, 0.15) is 0 Å². The molecular formula is C78H60N2. The molecule has 0 fully saturated rings. The summed E-state index contributed by atoms with van der Waals surface area (Å²) in [5.41, 5.74) is 29.1. The molecule has 0 saturated heterocycles. The molecule has 2 nitrogen and oxygen atoms in total. The fraction of sp³-hybridized carbons (Fsp3) is 0.0769. The lowest BCUT2D eigenvalue weighted by atomic mass is 9.82. The van der Waals surface area contributed by atoms with E-state index >= 15 is 0 Å². The summed E-state index contributed by atoms with van der Waals surface area (Å²) in [5, 5.41) is 0. The molecule has 0 radical (unpaired) electrons. The van der Waals surface area contributed by atoms with Crippen molar-refractivity contribution in [3.8, 4) is 77.9 Å². The summed E-state index contributed by atoms with van der Waals surface area (Å²) < 4.78 is 0. The van der Waals surface area contributed by atoms with Crippen LogP contribution in [0, 0.1) is 0 Å². The third-order valence-corrected chi connectivity index (χ3v) is 17.1. The predicted octanol–water partition coefficient (Wildman–Crippen LogP) is 21.6. The molecule has 0 bridgehead atoms. The van der Waals surface area contributed by atoms with Gasteiger partial charge >= 0.3 is 0 Å².